The molecule has 1 aromatic carbocycles. The molecular weight excluding hydrogens is 272 g/mol. The Morgan fingerprint density at radius 3 is 2.47 bits per heavy atom. The van der Waals surface area contributed by atoms with Crippen molar-refractivity contribution in [3.8, 4) is 0 Å². The van der Waals surface area contributed by atoms with E-state index in [2.05, 4.69) is 0 Å². The van der Waals surface area contributed by atoms with Gasteiger partial charge in [0.05, 0.1) is 6.61 Å². The Bertz CT molecular complexity index is 435. The van der Waals surface area contributed by atoms with Gasteiger partial charge >= 0.3 is 0 Å². The van der Waals surface area contributed by atoms with Gasteiger partial charge in [0, 0.05) is 23.0 Å². The van der Waals surface area contributed by atoms with E-state index in [4.69, 9.17) is 5.11 Å². The van der Waals surface area contributed by atoms with Crippen LogP contribution in [0.3, 0.4) is 0 Å². The van der Waals surface area contributed by atoms with Crippen molar-refractivity contribution in [3.63, 3.8) is 0 Å². The van der Waals surface area contributed by atoms with Gasteiger partial charge in [-0.3, -0.25) is 4.79 Å². The average molecular weight is 287 g/mol. The number of hydrogen-bond donors (Lipinski definition) is 1. The van der Waals surface area contributed by atoms with Crippen LogP contribution in [0.15, 0.2) is 29.2 Å². The Kier molecular flexibility index (Phi) is 4.76. The van der Waals surface area contributed by atoms with Crippen molar-refractivity contribution in [2.45, 2.75) is 29.5 Å². The second-order valence-electron chi connectivity index (χ2n) is 4.36. The van der Waals surface area contributed by atoms with Gasteiger partial charge < -0.3 is 10.0 Å². The van der Waals surface area contributed by atoms with Crippen LogP contribution < -0.4 is 0 Å². The number of nitrogens with zero attached hydrogens (tertiary/aromatic N) is 1. The molecule has 0 aromatic heterocycles. The first kappa shape index (κ1) is 14.3. The van der Waals surface area contributed by atoms with Crippen molar-refractivity contribution in [3.05, 3.63) is 29.8 Å². The molecule has 19 heavy (non-hydrogen) atoms. The smallest absolute Gasteiger partial charge is 0.288 e. The molecule has 0 saturated heterocycles. The Labute approximate surface area is 114 Å². The molecule has 0 atom stereocenters. The van der Waals surface area contributed by atoms with Crippen molar-refractivity contribution in [2.24, 2.45) is 0 Å². The minimum absolute atomic E-state index is 0.0679. The SMILES string of the molecule is O=C(c1ccc(SC(F)F)cc1)N(CCO)C1CC1. The molecule has 1 aromatic rings. The molecule has 3 nitrogen and oxygen atoms in total. The molecule has 1 aliphatic rings. The summed E-state index contributed by atoms with van der Waals surface area (Å²) in [7, 11) is 0. The monoisotopic (exact) mass is 287 g/mol. The first-order valence-corrected chi connectivity index (χ1v) is 6.96. The maximum atomic E-state index is 12.2. The predicted octanol–water partition coefficient (Wildman–Crippen LogP) is 2.60. The highest BCUT2D eigenvalue weighted by Crippen LogP contribution is 2.29. The highest BCUT2D eigenvalue weighted by Gasteiger charge is 2.32. The first-order chi connectivity index (χ1) is 9.11. The average Bonchev–Trinajstić information content (AvgIpc) is 3.19. The van der Waals surface area contributed by atoms with E-state index in [0.717, 1.165) is 12.8 Å². The topological polar surface area (TPSA) is 40.5 Å². The number of benzene rings is 1. The fourth-order valence-electron chi connectivity index (χ4n) is 1.89. The van der Waals surface area contributed by atoms with Gasteiger partial charge in [-0.25, -0.2) is 0 Å². The lowest BCUT2D eigenvalue weighted by Gasteiger charge is -2.21. The molecule has 0 aliphatic heterocycles. The van der Waals surface area contributed by atoms with Gasteiger partial charge in [-0.1, -0.05) is 11.8 Å². The normalized spacial score (nSPS) is 14.7. The van der Waals surface area contributed by atoms with Crippen molar-refractivity contribution in [1.82, 2.24) is 4.90 Å². The van der Waals surface area contributed by atoms with Crippen LogP contribution in [0.25, 0.3) is 0 Å². The number of carbonyl (C=O) groups is 1. The third-order valence-corrected chi connectivity index (χ3v) is 3.64. The molecule has 104 valence electrons. The number of aliphatic hydroxyl groups is 1. The molecule has 0 unspecified atom stereocenters. The summed E-state index contributed by atoms with van der Waals surface area (Å²) >= 11 is 0.458. The molecule has 1 fully saturated rings. The summed E-state index contributed by atoms with van der Waals surface area (Å²) in [6.45, 7) is 0.249. The van der Waals surface area contributed by atoms with Crippen LogP contribution in [0, 0.1) is 0 Å². The third-order valence-electron chi connectivity index (χ3n) is 2.92. The molecule has 6 heteroatoms. The second-order valence-corrected chi connectivity index (χ2v) is 5.42. The molecule has 1 N–H and O–H groups in total. The first-order valence-electron chi connectivity index (χ1n) is 6.08. The Hall–Kier alpha value is -1.14. The van der Waals surface area contributed by atoms with Crippen LogP contribution in [0.1, 0.15) is 23.2 Å². The van der Waals surface area contributed by atoms with Gasteiger partial charge in [0.1, 0.15) is 0 Å². The second kappa shape index (κ2) is 6.34. The van der Waals surface area contributed by atoms with Crippen LogP contribution in [-0.4, -0.2) is 40.9 Å². The fraction of sp³-hybridized carbons (Fsp3) is 0.462. The quantitative estimate of drug-likeness (QED) is 0.818. The van der Waals surface area contributed by atoms with E-state index in [1.165, 1.54) is 12.1 Å². The summed E-state index contributed by atoms with van der Waals surface area (Å²) in [5.74, 6) is -2.61. The van der Waals surface area contributed by atoms with E-state index >= 15 is 0 Å². The van der Waals surface area contributed by atoms with Crippen molar-refractivity contribution < 1.29 is 18.7 Å². The van der Waals surface area contributed by atoms with Crippen LogP contribution in [0.5, 0.6) is 0 Å². The summed E-state index contributed by atoms with van der Waals surface area (Å²) in [5, 5.41) is 8.97. The zero-order chi connectivity index (χ0) is 13.8. The lowest BCUT2D eigenvalue weighted by atomic mass is 10.2. The molecular formula is C13H15F2NO2S. The van der Waals surface area contributed by atoms with Gasteiger partial charge in [0.25, 0.3) is 11.7 Å². The molecule has 1 saturated carbocycles. The van der Waals surface area contributed by atoms with Crippen molar-refractivity contribution in [2.75, 3.05) is 13.2 Å². The van der Waals surface area contributed by atoms with E-state index < -0.39 is 5.76 Å². The third kappa shape index (κ3) is 3.91. The van der Waals surface area contributed by atoms with Crippen molar-refractivity contribution in [1.29, 1.82) is 0 Å². The van der Waals surface area contributed by atoms with E-state index in [9.17, 15) is 13.6 Å². The van der Waals surface area contributed by atoms with Gasteiger partial charge in [-0.05, 0) is 37.1 Å². The zero-order valence-electron chi connectivity index (χ0n) is 10.3. The maximum absolute atomic E-state index is 12.2. The molecule has 2 rings (SSSR count). The Morgan fingerprint density at radius 2 is 2.00 bits per heavy atom. The zero-order valence-corrected chi connectivity index (χ0v) is 11.1. The van der Waals surface area contributed by atoms with Gasteiger partial charge in [0.15, 0.2) is 0 Å². The van der Waals surface area contributed by atoms with E-state index in [1.807, 2.05) is 0 Å². The van der Waals surface area contributed by atoms with Crippen LogP contribution in [0.2, 0.25) is 0 Å². The van der Waals surface area contributed by atoms with Gasteiger partial charge in [-0.2, -0.15) is 8.78 Å². The van der Waals surface area contributed by atoms with E-state index in [1.54, 1.807) is 17.0 Å². The van der Waals surface area contributed by atoms with E-state index in [0.29, 0.717) is 28.8 Å². The standard InChI is InChI=1S/C13H15F2NO2S/c14-13(15)19-11-5-1-9(2-6-11)12(18)16(7-8-17)10-3-4-10/h1-2,5-6,10,13,17H,3-4,7-8H2. The lowest BCUT2D eigenvalue weighted by Crippen LogP contribution is -2.35. The molecule has 0 bridgehead atoms. The number of amides is 1. The Balaban J connectivity index is 2.05. The molecule has 1 amide bonds. The number of aliphatic hydroxyl groups excluding tert-OH is 1. The number of rotatable bonds is 6. The predicted molar refractivity (Wildman–Crippen MR) is 69.4 cm³/mol. The summed E-state index contributed by atoms with van der Waals surface area (Å²) in [6, 6.07) is 6.37. The van der Waals surface area contributed by atoms with Crippen LogP contribution >= 0.6 is 11.8 Å². The minimum Gasteiger partial charge on any atom is -0.395 e. The van der Waals surface area contributed by atoms with Gasteiger partial charge in [0.2, 0.25) is 0 Å². The van der Waals surface area contributed by atoms with Crippen molar-refractivity contribution >= 4 is 17.7 Å². The number of thioether (sulfide) groups is 1. The fourth-order valence-corrected chi connectivity index (χ4v) is 2.39. The molecule has 0 heterocycles. The number of alkyl halides is 2. The van der Waals surface area contributed by atoms with Crippen LogP contribution in [-0.2, 0) is 0 Å². The Morgan fingerprint density at radius 1 is 1.37 bits per heavy atom. The highest BCUT2D eigenvalue weighted by molar-refractivity contribution is 7.99. The lowest BCUT2D eigenvalue weighted by molar-refractivity contribution is 0.0707. The summed E-state index contributed by atoms with van der Waals surface area (Å²) < 4.78 is 24.4. The summed E-state index contributed by atoms with van der Waals surface area (Å²) in [6.07, 6.45) is 1.93. The summed E-state index contributed by atoms with van der Waals surface area (Å²) in [4.78, 5) is 14.3. The molecule has 0 radical (unpaired) electrons. The molecule has 1 aliphatic carbocycles. The summed E-state index contributed by atoms with van der Waals surface area (Å²) in [5.41, 5.74) is 0.471. The maximum Gasteiger partial charge on any atom is 0.288 e. The number of halogens is 2. The number of carbonyl (C=O) groups excluding carboxylic acids is 1. The largest absolute Gasteiger partial charge is 0.395 e. The highest BCUT2D eigenvalue weighted by atomic mass is 32.2. The molecule has 0 spiro atoms. The minimum atomic E-state index is -2.46. The van der Waals surface area contributed by atoms with Gasteiger partial charge in [-0.15, -0.1) is 0 Å². The van der Waals surface area contributed by atoms with Crippen LogP contribution in [0.4, 0.5) is 8.78 Å². The van der Waals surface area contributed by atoms with E-state index in [-0.39, 0.29) is 18.6 Å². The number of hydrogen-bond acceptors (Lipinski definition) is 3.